The highest BCUT2D eigenvalue weighted by molar-refractivity contribution is 7.98. The third kappa shape index (κ3) is 3.90. The van der Waals surface area contributed by atoms with Crippen LogP contribution >= 0.6 is 11.8 Å². The topological polar surface area (TPSA) is 27.0 Å². The first-order chi connectivity index (χ1) is 8.67. The van der Waals surface area contributed by atoms with E-state index in [-0.39, 0.29) is 5.92 Å². The van der Waals surface area contributed by atoms with Crippen molar-refractivity contribution in [3.8, 4) is 6.07 Å². The zero-order valence-electron chi connectivity index (χ0n) is 12.4. The van der Waals surface area contributed by atoms with E-state index in [4.69, 9.17) is 0 Å². The average molecular weight is 268 g/mol. The summed E-state index contributed by atoms with van der Waals surface area (Å²) in [7, 11) is 2.23. The van der Waals surface area contributed by atoms with Crippen LogP contribution in [0, 0.1) is 23.2 Å². The van der Waals surface area contributed by atoms with Crippen LogP contribution in [-0.2, 0) is 0 Å². The fourth-order valence-electron chi connectivity index (χ4n) is 3.19. The van der Waals surface area contributed by atoms with Gasteiger partial charge in [-0.15, -0.1) is 0 Å². The molecule has 4 atom stereocenters. The predicted octanol–water partition coefficient (Wildman–Crippen LogP) is 3.78. The molecule has 0 spiro atoms. The molecule has 0 heterocycles. The van der Waals surface area contributed by atoms with E-state index in [1.165, 1.54) is 31.4 Å². The maximum atomic E-state index is 9.37. The molecule has 1 aliphatic rings. The molecule has 18 heavy (non-hydrogen) atoms. The van der Waals surface area contributed by atoms with E-state index in [1.807, 2.05) is 11.8 Å². The summed E-state index contributed by atoms with van der Waals surface area (Å²) in [5.74, 6) is 2.25. The Balaban J connectivity index is 2.71. The molecular weight excluding hydrogens is 240 g/mol. The summed E-state index contributed by atoms with van der Waals surface area (Å²) >= 11 is 1.92. The van der Waals surface area contributed by atoms with Crippen molar-refractivity contribution in [3.05, 3.63) is 0 Å². The van der Waals surface area contributed by atoms with Crippen molar-refractivity contribution in [2.75, 3.05) is 19.1 Å². The lowest BCUT2D eigenvalue weighted by Crippen LogP contribution is -2.47. The smallest absolute Gasteiger partial charge is 0.0672 e. The van der Waals surface area contributed by atoms with Crippen molar-refractivity contribution in [1.29, 1.82) is 5.26 Å². The molecule has 0 aromatic heterocycles. The fraction of sp³-hybridized carbons (Fsp3) is 0.933. The van der Waals surface area contributed by atoms with Crippen LogP contribution in [0.25, 0.3) is 0 Å². The van der Waals surface area contributed by atoms with E-state index < -0.39 is 0 Å². The minimum atomic E-state index is 0.244. The third-order valence-corrected chi connectivity index (χ3v) is 5.32. The molecule has 0 aromatic carbocycles. The molecule has 3 heteroatoms. The lowest BCUT2D eigenvalue weighted by atomic mass is 9.77. The largest absolute Gasteiger partial charge is 0.298 e. The molecule has 0 N–H and O–H groups in total. The van der Waals surface area contributed by atoms with Crippen molar-refractivity contribution in [2.24, 2.45) is 11.8 Å². The Morgan fingerprint density at radius 3 is 2.61 bits per heavy atom. The molecule has 1 fully saturated rings. The van der Waals surface area contributed by atoms with Crippen LogP contribution in [-0.4, -0.2) is 36.0 Å². The maximum Gasteiger partial charge on any atom is 0.0672 e. The summed E-state index contributed by atoms with van der Waals surface area (Å²) in [4.78, 5) is 2.51. The number of rotatable bonds is 6. The quantitative estimate of drug-likeness (QED) is 0.733. The third-order valence-electron chi connectivity index (χ3n) is 4.60. The van der Waals surface area contributed by atoms with Gasteiger partial charge in [-0.25, -0.2) is 0 Å². The van der Waals surface area contributed by atoms with Gasteiger partial charge in [0.1, 0.15) is 0 Å². The standard InChI is InChI=1S/C15H28N2S/c1-5-12-7-8-13(10-16)15(9-12)17(3)14(6-2)11-18-4/h12-15H,5-9,11H2,1-4H3. The van der Waals surface area contributed by atoms with Crippen LogP contribution in [0.15, 0.2) is 0 Å². The Hall–Kier alpha value is -0.200. The summed E-state index contributed by atoms with van der Waals surface area (Å²) < 4.78 is 0. The normalized spacial score (nSPS) is 30.1. The second-order valence-electron chi connectivity index (χ2n) is 5.57. The first-order valence-corrected chi connectivity index (χ1v) is 8.67. The second-order valence-corrected chi connectivity index (χ2v) is 6.48. The molecule has 0 amide bonds. The van der Waals surface area contributed by atoms with Gasteiger partial charge in [0.05, 0.1) is 12.0 Å². The van der Waals surface area contributed by atoms with E-state index in [0.717, 1.165) is 12.3 Å². The molecule has 0 saturated heterocycles. The van der Waals surface area contributed by atoms with Gasteiger partial charge in [0.2, 0.25) is 0 Å². The monoisotopic (exact) mass is 268 g/mol. The van der Waals surface area contributed by atoms with Gasteiger partial charge in [-0.2, -0.15) is 17.0 Å². The molecule has 4 unspecified atom stereocenters. The van der Waals surface area contributed by atoms with Gasteiger partial charge >= 0.3 is 0 Å². The maximum absolute atomic E-state index is 9.37. The molecule has 104 valence electrons. The minimum Gasteiger partial charge on any atom is -0.298 e. The number of nitrogens with zero attached hydrogens (tertiary/aromatic N) is 2. The first kappa shape index (κ1) is 15.9. The van der Waals surface area contributed by atoms with Crippen LogP contribution < -0.4 is 0 Å². The van der Waals surface area contributed by atoms with E-state index in [0.29, 0.717) is 12.1 Å². The van der Waals surface area contributed by atoms with Gasteiger partial charge in [-0.1, -0.05) is 20.3 Å². The van der Waals surface area contributed by atoms with Gasteiger partial charge in [0.15, 0.2) is 0 Å². The van der Waals surface area contributed by atoms with Crippen LogP contribution in [0.1, 0.15) is 46.0 Å². The zero-order chi connectivity index (χ0) is 13.5. The van der Waals surface area contributed by atoms with Crippen molar-refractivity contribution in [2.45, 2.75) is 58.0 Å². The van der Waals surface area contributed by atoms with Crippen molar-refractivity contribution < 1.29 is 0 Å². The van der Waals surface area contributed by atoms with Crippen LogP contribution in [0.4, 0.5) is 0 Å². The summed E-state index contributed by atoms with van der Waals surface area (Å²) in [6.07, 6.45) is 8.19. The number of hydrogen-bond donors (Lipinski definition) is 0. The van der Waals surface area contributed by atoms with Gasteiger partial charge in [-0.05, 0) is 44.9 Å². The highest BCUT2D eigenvalue weighted by Gasteiger charge is 2.34. The molecule has 1 aliphatic carbocycles. The Morgan fingerprint density at radius 1 is 1.39 bits per heavy atom. The van der Waals surface area contributed by atoms with Gasteiger partial charge in [-0.3, -0.25) is 4.90 Å². The minimum absolute atomic E-state index is 0.244. The van der Waals surface area contributed by atoms with Crippen LogP contribution in [0.5, 0.6) is 0 Å². The van der Waals surface area contributed by atoms with Gasteiger partial charge in [0.25, 0.3) is 0 Å². The lowest BCUT2D eigenvalue weighted by Gasteiger charge is -2.41. The molecule has 0 aromatic rings. The molecule has 0 bridgehead atoms. The Morgan fingerprint density at radius 2 is 2.11 bits per heavy atom. The first-order valence-electron chi connectivity index (χ1n) is 7.28. The Bertz CT molecular complexity index is 274. The predicted molar refractivity (Wildman–Crippen MR) is 80.7 cm³/mol. The Kier molecular flexibility index (Phi) is 7.11. The van der Waals surface area contributed by atoms with E-state index in [2.05, 4.69) is 38.1 Å². The van der Waals surface area contributed by atoms with Gasteiger partial charge < -0.3 is 0 Å². The molecule has 2 nitrogen and oxygen atoms in total. The summed E-state index contributed by atoms with van der Waals surface area (Å²) in [5, 5.41) is 9.37. The number of nitriles is 1. The second kappa shape index (κ2) is 8.07. The average Bonchev–Trinajstić information content (AvgIpc) is 2.43. The molecule has 1 saturated carbocycles. The van der Waals surface area contributed by atoms with Crippen molar-refractivity contribution in [3.63, 3.8) is 0 Å². The lowest BCUT2D eigenvalue weighted by molar-refractivity contribution is 0.0923. The zero-order valence-corrected chi connectivity index (χ0v) is 13.2. The van der Waals surface area contributed by atoms with E-state index in [9.17, 15) is 5.26 Å². The number of hydrogen-bond acceptors (Lipinski definition) is 3. The fourth-order valence-corrected chi connectivity index (χ4v) is 4.04. The Labute approximate surface area is 117 Å². The molecule has 0 radical (unpaired) electrons. The van der Waals surface area contributed by atoms with Crippen LogP contribution in [0.2, 0.25) is 0 Å². The molecule has 1 rings (SSSR count). The summed E-state index contributed by atoms with van der Waals surface area (Å²) in [6.45, 7) is 4.55. The van der Waals surface area contributed by atoms with Gasteiger partial charge in [0, 0.05) is 17.8 Å². The van der Waals surface area contributed by atoms with Crippen molar-refractivity contribution in [1.82, 2.24) is 4.90 Å². The molecular formula is C15H28N2S. The SMILES string of the molecule is CCC1CCC(C#N)C(N(C)C(CC)CSC)C1. The van der Waals surface area contributed by atoms with Crippen molar-refractivity contribution >= 4 is 11.8 Å². The summed E-state index contributed by atoms with van der Waals surface area (Å²) in [5.41, 5.74) is 0. The van der Waals surface area contributed by atoms with Crippen LogP contribution in [0.3, 0.4) is 0 Å². The summed E-state index contributed by atoms with van der Waals surface area (Å²) in [6, 6.07) is 3.65. The number of thioether (sulfide) groups is 1. The highest BCUT2D eigenvalue weighted by atomic mass is 32.2. The highest BCUT2D eigenvalue weighted by Crippen LogP contribution is 2.34. The molecule has 0 aliphatic heterocycles. The van der Waals surface area contributed by atoms with E-state index in [1.54, 1.807) is 0 Å². The van der Waals surface area contributed by atoms with E-state index >= 15 is 0 Å².